The summed E-state index contributed by atoms with van der Waals surface area (Å²) in [5, 5.41) is 2.86. The lowest BCUT2D eigenvalue weighted by Gasteiger charge is -2.23. The van der Waals surface area contributed by atoms with E-state index < -0.39 is 11.5 Å². The molecule has 0 unspecified atom stereocenters. The van der Waals surface area contributed by atoms with Crippen molar-refractivity contribution in [2.24, 2.45) is 0 Å². The molecule has 0 aliphatic carbocycles. The summed E-state index contributed by atoms with van der Waals surface area (Å²) < 4.78 is 19.3. The highest BCUT2D eigenvalue weighted by atomic mass is 19.1. The van der Waals surface area contributed by atoms with Crippen molar-refractivity contribution in [1.82, 2.24) is 4.98 Å². The summed E-state index contributed by atoms with van der Waals surface area (Å²) >= 11 is 0. The number of hydrogen-bond acceptors (Lipinski definition) is 4. The van der Waals surface area contributed by atoms with E-state index in [4.69, 9.17) is 4.74 Å². The number of pyridine rings is 1. The third-order valence-electron chi connectivity index (χ3n) is 6.17. The lowest BCUT2D eigenvalue weighted by molar-refractivity contribution is -0.124. The Hall–Kier alpha value is -3.58. The number of para-hydroxylation sites is 1. The van der Waals surface area contributed by atoms with Crippen LogP contribution >= 0.6 is 0 Å². The van der Waals surface area contributed by atoms with Crippen LogP contribution in [0.1, 0.15) is 28.0 Å². The molecule has 2 amide bonds. The van der Waals surface area contributed by atoms with E-state index in [9.17, 15) is 14.0 Å². The molecule has 2 aliphatic heterocycles. The van der Waals surface area contributed by atoms with E-state index in [2.05, 4.69) is 10.3 Å². The number of halogens is 1. The number of carbonyl (C=O) groups excluding carboxylic acids is 2. The summed E-state index contributed by atoms with van der Waals surface area (Å²) in [4.78, 5) is 32.0. The SMILES string of the molecule is Cc1ccc(NC(=O)[C@H]2C[C@]3(CO2)CN(C(=O)c2ccc(F)cc2)c2ccccc23)cn1. The van der Waals surface area contributed by atoms with Crippen molar-refractivity contribution in [3.05, 3.63) is 89.5 Å². The summed E-state index contributed by atoms with van der Waals surface area (Å²) in [6.45, 7) is 2.62. The predicted molar refractivity (Wildman–Crippen MR) is 118 cm³/mol. The van der Waals surface area contributed by atoms with Gasteiger partial charge in [-0.3, -0.25) is 14.6 Å². The van der Waals surface area contributed by atoms with Gasteiger partial charge in [0.05, 0.1) is 18.5 Å². The Balaban J connectivity index is 1.38. The Kier molecular flexibility index (Phi) is 4.98. The van der Waals surface area contributed by atoms with Gasteiger partial charge >= 0.3 is 0 Å². The van der Waals surface area contributed by atoms with Crippen LogP contribution in [0.3, 0.4) is 0 Å². The number of nitrogens with one attached hydrogen (secondary N) is 1. The lowest BCUT2D eigenvalue weighted by Crippen LogP contribution is -2.38. The highest BCUT2D eigenvalue weighted by molar-refractivity contribution is 6.08. The number of fused-ring (bicyclic) bond motifs is 2. The molecule has 0 radical (unpaired) electrons. The molecule has 162 valence electrons. The molecular weight excluding hydrogens is 409 g/mol. The summed E-state index contributed by atoms with van der Waals surface area (Å²) in [5.41, 5.74) is 3.22. The Labute approximate surface area is 185 Å². The first-order chi connectivity index (χ1) is 15.4. The number of aromatic nitrogens is 1. The van der Waals surface area contributed by atoms with Gasteiger partial charge in [-0.15, -0.1) is 0 Å². The van der Waals surface area contributed by atoms with Crippen LogP contribution in [0.4, 0.5) is 15.8 Å². The molecule has 5 rings (SSSR count). The summed E-state index contributed by atoms with van der Waals surface area (Å²) in [5.74, 6) is -0.817. The highest BCUT2D eigenvalue weighted by Gasteiger charge is 2.51. The van der Waals surface area contributed by atoms with Crippen LogP contribution in [0, 0.1) is 12.7 Å². The van der Waals surface area contributed by atoms with Crippen LogP contribution in [0.15, 0.2) is 66.9 Å². The van der Waals surface area contributed by atoms with Crippen molar-refractivity contribution in [2.75, 3.05) is 23.4 Å². The monoisotopic (exact) mass is 431 g/mol. The molecule has 1 spiro atoms. The van der Waals surface area contributed by atoms with Crippen molar-refractivity contribution in [2.45, 2.75) is 24.9 Å². The Morgan fingerprint density at radius 1 is 1.12 bits per heavy atom. The van der Waals surface area contributed by atoms with E-state index in [0.29, 0.717) is 30.8 Å². The molecule has 1 aromatic heterocycles. The predicted octanol–water partition coefficient (Wildman–Crippen LogP) is 3.85. The number of carbonyl (C=O) groups is 2. The molecule has 6 nitrogen and oxygen atoms in total. The summed E-state index contributed by atoms with van der Waals surface area (Å²) in [7, 11) is 0. The largest absolute Gasteiger partial charge is 0.367 e. The zero-order valence-corrected chi connectivity index (χ0v) is 17.5. The third kappa shape index (κ3) is 3.54. The molecule has 0 saturated carbocycles. The zero-order valence-electron chi connectivity index (χ0n) is 17.5. The fraction of sp³-hybridized carbons (Fsp3) is 0.240. The topological polar surface area (TPSA) is 71.5 Å². The van der Waals surface area contributed by atoms with Crippen LogP contribution in [-0.2, 0) is 14.9 Å². The van der Waals surface area contributed by atoms with Crippen molar-refractivity contribution >= 4 is 23.2 Å². The number of benzene rings is 2. The minimum atomic E-state index is -0.634. The fourth-order valence-electron chi connectivity index (χ4n) is 4.52. The quantitative estimate of drug-likeness (QED) is 0.684. The first-order valence-corrected chi connectivity index (χ1v) is 10.5. The maximum atomic E-state index is 13.3. The number of hydrogen-bond donors (Lipinski definition) is 1. The van der Waals surface area contributed by atoms with E-state index in [1.54, 1.807) is 17.2 Å². The van der Waals surface area contributed by atoms with Crippen molar-refractivity contribution in [3.8, 4) is 0 Å². The molecule has 32 heavy (non-hydrogen) atoms. The number of anilines is 2. The van der Waals surface area contributed by atoms with Crippen LogP contribution < -0.4 is 10.2 Å². The van der Waals surface area contributed by atoms with Gasteiger partial charge in [-0.1, -0.05) is 18.2 Å². The smallest absolute Gasteiger partial charge is 0.258 e. The molecule has 1 fully saturated rings. The normalized spacial score (nSPS) is 21.6. The molecule has 2 atom stereocenters. The number of amides is 2. The molecule has 7 heteroatoms. The van der Waals surface area contributed by atoms with Crippen LogP contribution in [0.2, 0.25) is 0 Å². The minimum absolute atomic E-state index is 0.201. The maximum Gasteiger partial charge on any atom is 0.258 e. The molecule has 2 aromatic carbocycles. The molecule has 0 bridgehead atoms. The van der Waals surface area contributed by atoms with Gasteiger partial charge < -0.3 is 15.0 Å². The third-order valence-corrected chi connectivity index (χ3v) is 6.17. The maximum absolute atomic E-state index is 13.3. The lowest BCUT2D eigenvalue weighted by atomic mass is 9.80. The Bertz CT molecular complexity index is 1180. The van der Waals surface area contributed by atoms with E-state index in [0.717, 1.165) is 16.9 Å². The molecule has 3 aromatic rings. The van der Waals surface area contributed by atoms with Crippen LogP contribution in [-0.4, -0.2) is 36.1 Å². The molecule has 1 saturated heterocycles. The summed E-state index contributed by atoms with van der Waals surface area (Å²) in [6.07, 6.45) is 1.44. The van der Waals surface area contributed by atoms with Gasteiger partial charge in [-0.05, 0) is 61.4 Å². The van der Waals surface area contributed by atoms with Crippen LogP contribution in [0.5, 0.6) is 0 Å². The van der Waals surface area contributed by atoms with Crippen molar-refractivity contribution in [3.63, 3.8) is 0 Å². The summed E-state index contributed by atoms with van der Waals surface area (Å²) in [6, 6.07) is 16.9. The van der Waals surface area contributed by atoms with Gasteiger partial charge in [0.1, 0.15) is 11.9 Å². The molecular formula is C25H22FN3O3. The second kappa shape index (κ2) is 7.84. The van der Waals surface area contributed by atoms with Gasteiger partial charge in [-0.2, -0.15) is 0 Å². The van der Waals surface area contributed by atoms with Gasteiger partial charge in [0.25, 0.3) is 11.8 Å². The average molecular weight is 431 g/mol. The number of aryl methyl sites for hydroxylation is 1. The first kappa shape index (κ1) is 20.3. The Morgan fingerprint density at radius 3 is 2.66 bits per heavy atom. The van der Waals surface area contributed by atoms with Crippen molar-refractivity contribution in [1.29, 1.82) is 0 Å². The average Bonchev–Trinajstić information content (AvgIpc) is 3.38. The van der Waals surface area contributed by atoms with E-state index in [1.165, 1.54) is 24.3 Å². The van der Waals surface area contributed by atoms with Gasteiger partial charge in [0.2, 0.25) is 0 Å². The van der Waals surface area contributed by atoms with E-state index in [1.807, 2.05) is 37.3 Å². The Morgan fingerprint density at radius 2 is 1.91 bits per heavy atom. The van der Waals surface area contributed by atoms with E-state index in [-0.39, 0.29) is 17.6 Å². The van der Waals surface area contributed by atoms with Gasteiger partial charge in [-0.25, -0.2) is 4.39 Å². The number of ether oxygens (including phenoxy) is 1. The second-order valence-corrected chi connectivity index (χ2v) is 8.38. The minimum Gasteiger partial charge on any atom is -0.367 e. The number of rotatable bonds is 3. The number of nitrogens with zero attached hydrogens (tertiary/aromatic N) is 2. The van der Waals surface area contributed by atoms with E-state index >= 15 is 0 Å². The highest BCUT2D eigenvalue weighted by Crippen LogP contribution is 2.47. The van der Waals surface area contributed by atoms with Crippen molar-refractivity contribution < 1.29 is 18.7 Å². The first-order valence-electron chi connectivity index (χ1n) is 10.5. The van der Waals surface area contributed by atoms with Gasteiger partial charge in [0.15, 0.2) is 0 Å². The van der Waals surface area contributed by atoms with Gasteiger partial charge in [0, 0.05) is 28.9 Å². The zero-order chi connectivity index (χ0) is 22.3. The fourth-order valence-corrected chi connectivity index (χ4v) is 4.52. The van der Waals surface area contributed by atoms with Crippen LogP contribution in [0.25, 0.3) is 0 Å². The standard InChI is InChI=1S/C25H22FN3O3/c1-16-6-11-19(13-27-16)28-23(30)22-12-25(15-32-22)14-29(21-5-3-2-4-20(21)25)24(31)17-7-9-18(26)10-8-17/h2-11,13,22H,12,14-15H2,1H3,(H,28,30)/t22-,25-/m1/s1. The molecule has 2 aliphatic rings. The molecule has 3 heterocycles. The second-order valence-electron chi connectivity index (χ2n) is 8.38. The molecule has 1 N–H and O–H groups in total.